The van der Waals surface area contributed by atoms with Crippen LogP contribution in [0.25, 0.3) is 0 Å². The van der Waals surface area contributed by atoms with Crippen LogP contribution in [-0.2, 0) is 10.0 Å². The first-order chi connectivity index (χ1) is 12.2. The normalized spacial score (nSPS) is 24.6. The summed E-state index contributed by atoms with van der Waals surface area (Å²) in [7, 11) is -3.60. The SMILES string of the molecule is CC(NC1CN(S(=O)(=O)c2ccc3c(c2)OCCO3)C1)C1CC(F)(F)C1. The van der Waals surface area contributed by atoms with E-state index in [0.29, 0.717) is 37.8 Å². The van der Waals surface area contributed by atoms with Gasteiger partial charge in [-0.25, -0.2) is 17.2 Å². The van der Waals surface area contributed by atoms with Crippen LogP contribution in [-0.4, -0.2) is 57.0 Å². The molecule has 1 aliphatic carbocycles. The van der Waals surface area contributed by atoms with Gasteiger partial charge < -0.3 is 14.8 Å². The van der Waals surface area contributed by atoms with Crippen LogP contribution in [0, 0.1) is 5.92 Å². The van der Waals surface area contributed by atoms with E-state index in [1.807, 2.05) is 6.92 Å². The van der Waals surface area contributed by atoms with Crippen molar-refractivity contribution in [1.29, 1.82) is 0 Å². The Hall–Kier alpha value is -1.45. The lowest BCUT2D eigenvalue weighted by Gasteiger charge is -2.44. The van der Waals surface area contributed by atoms with Crippen LogP contribution in [0.3, 0.4) is 0 Å². The van der Waals surface area contributed by atoms with E-state index >= 15 is 0 Å². The molecule has 2 aliphatic heterocycles. The van der Waals surface area contributed by atoms with Gasteiger partial charge in [0.25, 0.3) is 0 Å². The minimum atomic E-state index is -3.60. The molecule has 2 fully saturated rings. The molecule has 9 heteroatoms. The summed E-state index contributed by atoms with van der Waals surface area (Å²) in [6.07, 6.45) is -0.180. The van der Waals surface area contributed by atoms with Gasteiger partial charge in [-0.15, -0.1) is 0 Å². The molecule has 2 heterocycles. The van der Waals surface area contributed by atoms with E-state index in [9.17, 15) is 17.2 Å². The van der Waals surface area contributed by atoms with Gasteiger partial charge in [-0.1, -0.05) is 0 Å². The standard InChI is InChI=1S/C17H22F2N2O4S/c1-11(12-7-17(18,19)8-12)20-13-9-21(10-13)26(22,23)14-2-3-15-16(6-14)25-5-4-24-15/h2-3,6,11-13,20H,4-5,7-10H2,1H3. The Morgan fingerprint density at radius 1 is 1.19 bits per heavy atom. The maximum absolute atomic E-state index is 13.0. The largest absolute Gasteiger partial charge is 0.486 e. The van der Waals surface area contributed by atoms with Crippen molar-refractivity contribution in [1.82, 2.24) is 9.62 Å². The minimum absolute atomic E-state index is 0.00814. The van der Waals surface area contributed by atoms with Crippen molar-refractivity contribution in [2.75, 3.05) is 26.3 Å². The van der Waals surface area contributed by atoms with Crippen LogP contribution in [0.5, 0.6) is 11.5 Å². The number of sulfonamides is 1. The lowest BCUT2D eigenvalue weighted by molar-refractivity contribution is -0.119. The maximum Gasteiger partial charge on any atom is 0.248 e. The van der Waals surface area contributed by atoms with Gasteiger partial charge in [-0.3, -0.25) is 0 Å². The second-order valence-corrected chi connectivity index (χ2v) is 9.24. The van der Waals surface area contributed by atoms with E-state index < -0.39 is 15.9 Å². The van der Waals surface area contributed by atoms with Crippen molar-refractivity contribution < 1.29 is 26.7 Å². The molecule has 1 N–H and O–H groups in total. The molecule has 3 aliphatic rings. The van der Waals surface area contributed by atoms with Crippen LogP contribution in [0.1, 0.15) is 19.8 Å². The van der Waals surface area contributed by atoms with Crippen LogP contribution >= 0.6 is 0 Å². The third-order valence-corrected chi connectivity index (χ3v) is 7.15. The average molecular weight is 388 g/mol. The van der Waals surface area contributed by atoms with E-state index in [4.69, 9.17) is 9.47 Å². The highest BCUT2D eigenvalue weighted by molar-refractivity contribution is 7.89. The fourth-order valence-corrected chi connectivity index (χ4v) is 5.19. The Bertz CT molecular complexity index is 788. The predicted octanol–water partition coefficient (Wildman–Crippen LogP) is 1.85. The molecule has 1 atom stereocenters. The first kappa shape index (κ1) is 17.9. The van der Waals surface area contributed by atoms with E-state index in [1.165, 1.54) is 16.4 Å². The quantitative estimate of drug-likeness (QED) is 0.834. The molecule has 144 valence electrons. The van der Waals surface area contributed by atoms with Gasteiger partial charge in [0.2, 0.25) is 15.9 Å². The zero-order chi connectivity index (χ0) is 18.5. The van der Waals surface area contributed by atoms with E-state index in [2.05, 4.69) is 5.32 Å². The average Bonchev–Trinajstić information content (AvgIpc) is 2.54. The molecule has 0 radical (unpaired) electrons. The van der Waals surface area contributed by atoms with Crippen LogP contribution < -0.4 is 14.8 Å². The molecule has 0 bridgehead atoms. The molecule has 1 aromatic rings. The summed E-state index contributed by atoms with van der Waals surface area (Å²) in [6, 6.07) is 4.56. The number of alkyl halides is 2. The van der Waals surface area contributed by atoms with Crippen LogP contribution in [0.2, 0.25) is 0 Å². The number of hydrogen-bond donors (Lipinski definition) is 1. The second kappa shape index (κ2) is 6.31. The van der Waals surface area contributed by atoms with Gasteiger partial charge in [0, 0.05) is 44.1 Å². The van der Waals surface area contributed by atoms with E-state index in [-0.39, 0.29) is 35.7 Å². The number of rotatable bonds is 5. The van der Waals surface area contributed by atoms with Gasteiger partial charge in [0.1, 0.15) is 13.2 Å². The summed E-state index contributed by atoms with van der Waals surface area (Å²) in [5, 5.41) is 3.28. The molecule has 0 amide bonds. The number of hydrogen-bond acceptors (Lipinski definition) is 5. The lowest BCUT2D eigenvalue weighted by atomic mass is 9.76. The number of ether oxygens (including phenoxy) is 2. The summed E-state index contributed by atoms with van der Waals surface area (Å²) >= 11 is 0. The highest BCUT2D eigenvalue weighted by atomic mass is 32.2. The van der Waals surface area contributed by atoms with E-state index in [1.54, 1.807) is 6.07 Å². The monoisotopic (exact) mass is 388 g/mol. The van der Waals surface area contributed by atoms with Crippen molar-refractivity contribution in [2.24, 2.45) is 5.92 Å². The van der Waals surface area contributed by atoms with Crippen molar-refractivity contribution in [3.05, 3.63) is 18.2 Å². The predicted molar refractivity (Wildman–Crippen MR) is 90.2 cm³/mol. The van der Waals surface area contributed by atoms with Gasteiger partial charge in [-0.2, -0.15) is 4.31 Å². The molecule has 4 rings (SSSR count). The van der Waals surface area contributed by atoms with E-state index in [0.717, 1.165) is 0 Å². The Balaban J connectivity index is 1.34. The summed E-state index contributed by atoms with van der Waals surface area (Å²) < 4.78 is 63.6. The zero-order valence-corrected chi connectivity index (χ0v) is 15.3. The van der Waals surface area contributed by atoms with Gasteiger partial charge in [0.15, 0.2) is 11.5 Å². The smallest absolute Gasteiger partial charge is 0.248 e. The molecule has 1 aromatic carbocycles. The molecular weight excluding hydrogens is 366 g/mol. The van der Waals surface area contributed by atoms with Crippen molar-refractivity contribution in [3.8, 4) is 11.5 Å². The molecule has 6 nitrogen and oxygen atoms in total. The molecule has 0 spiro atoms. The number of nitrogens with one attached hydrogen (secondary N) is 1. The Morgan fingerprint density at radius 3 is 2.50 bits per heavy atom. The molecule has 1 unspecified atom stereocenters. The highest BCUT2D eigenvalue weighted by Gasteiger charge is 2.48. The molecule has 0 aromatic heterocycles. The topological polar surface area (TPSA) is 67.9 Å². The fraction of sp³-hybridized carbons (Fsp3) is 0.647. The second-order valence-electron chi connectivity index (χ2n) is 7.30. The molecular formula is C17H22F2N2O4S. The van der Waals surface area contributed by atoms with Crippen molar-refractivity contribution in [2.45, 2.75) is 42.7 Å². The summed E-state index contributed by atoms with van der Waals surface area (Å²) in [5.41, 5.74) is 0. The summed E-state index contributed by atoms with van der Waals surface area (Å²) in [5.74, 6) is -1.60. The third kappa shape index (κ3) is 3.27. The minimum Gasteiger partial charge on any atom is -0.486 e. The summed E-state index contributed by atoms with van der Waals surface area (Å²) in [4.78, 5) is 0.173. The molecule has 1 saturated carbocycles. The van der Waals surface area contributed by atoms with Crippen LogP contribution in [0.15, 0.2) is 23.1 Å². The Labute approximate surface area is 151 Å². The maximum atomic E-state index is 13.0. The van der Waals surface area contributed by atoms with Crippen LogP contribution in [0.4, 0.5) is 8.78 Å². The summed E-state index contributed by atoms with van der Waals surface area (Å²) in [6.45, 7) is 3.40. The number of nitrogens with zero attached hydrogens (tertiary/aromatic N) is 1. The Kier molecular flexibility index (Phi) is 4.36. The van der Waals surface area contributed by atoms with Crippen molar-refractivity contribution >= 4 is 10.0 Å². The number of fused-ring (bicyclic) bond motifs is 1. The zero-order valence-electron chi connectivity index (χ0n) is 14.5. The molecule has 26 heavy (non-hydrogen) atoms. The fourth-order valence-electron chi connectivity index (χ4n) is 3.64. The number of benzene rings is 1. The van der Waals surface area contributed by atoms with Crippen molar-refractivity contribution in [3.63, 3.8) is 0 Å². The van der Waals surface area contributed by atoms with Gasteiger partial charge >= 0.3 is 0 Å². The third-order valence-electron chi connectivity index (χ3n) is 5.33. The first-order valence-electron chi connectivity index (χ1n) is 8.78. The van der Waals surface area contributed by atoms with Gasteiger partial charge in [0.05, 0.1) is 4.90 Å². The Morgan fingerprint density at radius 2 is 1.85 bits per heavy atom. The number of halogens is 2. The molecule has 1 saturated heterocycles. The first-order valence-corrected chi connectivity index (χ1v) is 10.2. The lowest BCUT2D eigenvalue weighted by Crippen LogP contribution is -2.63. The highest BCUT2D eigenvalue weighted by Crippen LogP contribution is 2.44. The van der Waals surface area contributed by atoms with Gasteiger partial charge in [-0.05, 0) is 25.0 Å².